The van der Waals surface area contributed by atoms with Gasteiger partial charge < -0.3 is 5.32 Å². The molecule has 1 fully saturated rings. The highest BCUT2D eigenvalue weighted by Crippen LogP contribution is 2.26. The predicted octanol–water partition coefficient (Wildman–Crippen LogP) is 1.72. The molecule has 0 unspecified atom stereocenters. The molecule has 0 atom stereocenters. The standard InChI is InChI=1S/C14H26N4O2S/c1-3-15-9-13-10-16-17-14(13)21(19,20)18(2)11-12-7-5-4-6-8-12/h10,12,15H,3-9,11H2,1-2H3,(H,16,17). The third-order valence-corrected chi connectivity index (χ3v) is 5.99. The van der Waals surface area contributed by atoms with Gasteiger partial charge in [-0.05, 0) is 25.3 Å². The molecule has 1 heterocycles. The minimum atomic E-state index is -3.48. The summed E-state index contributed by atoms with van der Waals surface area (Å²) in [6, 6.07) is 0. The van der Waals surface area contributed by atoms with E-state index >= 15 is 0 Å². The summed E-state index contributed by atoms with van der Waals surface area (Å²) in [5.41, 5.74) is 0.701. The summed E-state index contributed by atoms with van der Waals surface area (Å²) in [5, 5.41) is 9.92. The Kier molecular flexibility index (Phi) is 5.78. The van der Waals surface area contributed by atoms with Crippen molar-refractivity contribution in [2.45, 2.75) is 50.6 Å². The number of aromatic nitrogens is 2. The van der Waals surface area contributed by atoms with Gasteiger partial charge in [0.15, 0.2) is 5.03 Å². The molecule has 2 rings (SSSR count). The molecule has 1 saturated carbocycles. The molecule has 0 radical (unpaired) electrons. The van der Waals surface area contributed by atoms with Crippen molar-refractivity contribution >= 4 is 10.0 Å². The summed E-state index contributed by atoms with van der Waals surface area (Å²) in [6.07, 6.45) is 7.56. The molecule has 0 spiro atoms. The van der Waals surface area contributed by atoms with Crippen LogP contribution < -0.4 is 5.32 Å². The lowest BCUT2D eigenvalue weighted by atomic mass is 9.89. The van der Waals surface area contributed by atoms with E-state index < -0.39 is 10.0 Å². The van der Waals surface area contributed by atoms with Crippen LogP contribution >= 0.6 is 0 Å². The summed E-state index contributed by atoms with van der Waals surface area (Å²) < 4.78 is 26.8. The topological polar surface area (TPSA) is 78.1 Å². The molecule has 21 heavy (non-hydrogen) atoms. The molecule has 0 bridgehead atoms. The van der Waals surface area contributed by atoms with E-state index in [9.17, 15) is 8.42 Å². The van der Waals surface area contributed by atoms with Crippen LogP contribution in [0.3, 0.4) is 0 Å². The summed E-state index contributed by atoms with van der Waals surface area (Å²) >= 11 is 0. The third-order valence-electron chi connectivity index (χ3n) is 4.15. The second-order valence-corrected chi connectivity index (χ2v) is 7.78. The van der Waals surface area contributed by atoms with Gasteiger partial charge in [-0.2, -0.15) is 9.40 Å². The second kappa shape index (κ2) is 7.38. The highest BCUT2D eigenvalue weighted by Gasteiger charge is 2.28. The third kappa shape index (κ3) is 4.05. The summed E-state index contributed by atoms with van der Waals surface area (Å²) in [4.78, 5) is 0. The van der Waals surface area contributed by atoms with Crippen LogP contribution in [0.4, 0.5) is 0 Å². The molecule has 120 valence electrons. The Balaban J connectivity index is 2.07. The maximum absolute atomic E-state index is 12.7. The van der Waals surface area contributed by atoms with Crippen LogP contribution in [0, 0.1) is 5.92 Å². The monoisotopic (exact) mass is 314 g/mol. The van der Waals surface area contributed by atoms with E-state index in [0.717, 1.165) is 19.4 Å². The SMILES string of the molecule is CCNCc1cn[nH]c1S(=O)(=O)N(C)CC1CCCCC1. The van der Waals surface area contributed by atoms with Crippen LogP contribution in [0.25, 0.3) is 0 Å². The van der Waals surface area contributed by atoms with E-state index in [0.29, 0.717) is 24.6 Å². The van der Waals surface area contributed by atoms with E-state index in [-0.39, 0.29) is 5.03 Å². The van der Waals surface area contributed by atoms with Crippen LogP contribution in [0.5, 0.6) is 0 Å². The first-order valence-corrected chi connectivity index (χ1v) is 9.19. The Bertz CT molecular complexity index is 535. The lowest BCUT2D eigenvalue weighted by Crippen LogP contribution is -2.33. The molecule has 6 nitrogen and oxygen atoms in total. The van der Waals surface area contributed by atoms with Crippen molar-refractivity contribution in [3.8, 4) is 0 Å². The number of nitrogens with zero attached hydrogens (tertiary/aromatic N) is 2. The van der Waals surface area contributed by atoms with Gasteiger partial charge in [0.2, 0.25) is 0 Å². The Labute approximate surface area is 127 Å². The average molecular weight is 314 g/mol. The van der Waals surface area contributed by atoms with Crippen LogP contribution in [-0.2, 0) is 16.6 Å². The number of H-pyrrole nitrogens is 1. The highest BCUT2D eigenvalue weighted by atomic mass is 32.2. The Hall–Kier alpha value is -0.920. The Morgan fingerprint density at radius 3 is 2.76 bits per heavy atom. The van der Waals surface area contributed by atoms with Crippen LogP contribution in [-0.4, -0.2) is 43.1 Å². The normalized spacial score (nSPS) is 17.5. The van der Waals surface area contributed by atoms with Gasteiger partial charge in [0.1, 0.15) is 0 Å². The van der Waals surface area contributed by atoms with Crippen LogP contribution in [0.2, 0.25) is 0 Å². The van der Waals surface area contributed by atoms with Crippen molar-refractivity contribution in [1.82, 2.24) is 19.8 Å². The van der Waals surface area contributed by atoms with Crippen molar-refractivity contribution in [3.05, 3.63) is 11.8 Å². The maximum Gasteiger partial charge on any atom is 0.260 e. The van der Waals surface area contributed by atoms with Gasteiger partial charge in [-0.3, -0.25) is 5.10 Å². The second-order valence-electron chi connectivity index (χ2n) is 5.79. The molecule has 7 heteroatoms. The fourth-order valence-electron chi connectivity index (χ4n) is 2.90. The number of aromatic amines is 1. The summed E-state index contributed by atoms with van der Waals surface area (Å²) in [7, 11) is -1.81. The number of rotatable bonds is 7. The summed E-state index contributed by atoms with van der Waals surface area (Å²) in [5.74, 6) is 0.485. The highest BCUT2D eigenvalue weighted by molar-refractivity contribution is 7.89. The molecule has 0 aromatic carbocycles. The Morgan fingerprint density at radius 2 is 2.10 bits per heavy atom. The van der Waals surface area contributed by atoms with E-state index in [1.54, 1.807) is 13.2 Å². The van der Waals surface area contributed by atoms with Crippen molar-refractivity contribution in [1.29, 1.82) is 0 Å². The molecule has 1 aliphatic rings. The quantitative estimate of drug-likeness (QED) is 0.803. The van der Waals surface area contributed by atoms with E-state index in [1.165, 1.54) is 23.6 Å². The molecule has 1 aromatic rings. The minimum Gasteiger partial charge on any atom is -0.313 e. The zero-order valence-electron chi connectivity index (χ0n) is 12.9. The van der Waals surface area contributed by atoms with Crippen molar-refractivity contribution in [3.63, 3.8) is 0 Å². The molecule has 0 amide bonds. The van der Waals surface area contributed by atoms with Gasteiger partial charge in [0.25, 0.3) is 10.0 Å². The first-order chi connectivity index (χ1) is 10.1. The number of hydrogen-bond donors (Lipinski definition) is 2. The number of nitrogens with one attached hydrogen (secondary N) is 2. The van der Waals surface area contributed by atoms with Gasteiger partial charge in [0.05, 0.1) is 6.20 Å². The fourth-order valence-corrected chi connectivity index (χ4v) is 4.24. The first kappa shape index (κ1) is 16.5. The molecular weight excluding hydrogens is 288 g/mol. The van der Waals surface area contributed by atoms with Crippen LogP contribution in [0.15, 0.2) is 11.2 Å². The maximum atomic E-state index is 12.7. The fraction of sp³-hybridized carbons (Fsp3) is 0.786. The zero-order chi connectivity index (χ0) is 15.3. The smallest absolute Gasteiger partial charge is 0.260 e. The van der Waals surface area contributed by atoms with Gasteiger partial charge in [-0.1, -0.05) is 26.2 Å². The molecule has 0 saturated heterocycles. The molecule has 2 N–H and O–H groups in total. The Morgan fingerprint density at radius 1 is 1.38 bits per heavy atom. The first-order valence-electron chi connectivity index (χ1n) is 7.75. The van der Waals surface area contributed by atoms with E-state index in [4.69, 9.17) is 0 Å². The molecule has 0 aliphatic heterocycles. The molecule has 1 aromatic heterocycles. The van der Waals surface area contributed by atoms with Crippen molar-refractivity contribution in [2.75, 3.05) is 20.1 Å². The van der Waals surface area contributed by atoms with Crippen LogP contribution in [0.1, 0.15) is 44.6 Å². The van der Waals surface area contributed by atoms with Gasteiger partial charge in [-0.15, -0.1) is 0 Å². The lowest BCUT2D eigenvalue weighted by Gasteiger charge is -2.26. The van der Waals surface area contributed by atoms with Gasteiger partial charge >= 0.3 is 0 Å². The van der Waals surface area contributed by atoms with Crippen molar-refractivity contribution < 1.29 is 8.42 Å². The minimum absolute atomic E-state index is 0.224. The molecular formula is C14H26N4O2S. The van der Waals surface area contributed by atoms with E-state index in [2.05, 4.69) is 15.5 Å². The van der Waals surface area contributed by atoms with E-state index in [1.807, 2.05) is 6.92 Å². The predicted molar refractivity (Wildman–Crippen MR) is 82.4 cm³/mol. The zero-order valence-corrected chi connectivity index (χ0v) is 13.7. The van der Waals surface area contributed by atoms with Gasteiger partial charge in [-0.25, -0.2) is 8.42 Å². The number of hydrogen-bond acceptors (Lipinski definition) is 4. The largest absolute Gasteiger partial charge is 0.313 e. The summed E-state index contributed by atoms with van der Waals surface area (Å²) in [6.45, 7) is 3.90. The average Bonchev–Trinajstić information content (AvgIpc) is 2.95. The molecule has 1 aliphatic carbocycles. The van der Waals surface area contributed by atoms with Crippen molar-refractivity contribution in [2.24, 2.45) is 5.92 Å². The number of sulfonamides is 1. The lowest BCUT2D eigenvalue weighted by molar-refractivity contribution is 0.299. The van der Waals surface area contributed by atoms with Gasteiger partial charge in [0, 0.05) is 25.7 Å².